The maximum Gasteiger partial charge on any atom is 0.194 e. The Morgan fingerprint density at radius 2 is 1.62 bits per heavy atom. The number of aryl methyl sites for hydroxylation is 3. The van der Waals surface area contributed by atoms with Gasteiger partial charge in [-0.2, -0.15) is 0 Å². The molecule has 0 N–H and O–H groups in total. The molecule has 0 spiro atoms. The van der Waals surface area contributed by atoms with Crippen LogP contribution in [-0.2, 0) is 32.2 Å². The Balaban J connectivity index is 0.00000133. The van der Waals surface area contributed by atoms with Crippen molar-refractivity contribution in [1.82, 2.24) is 9.55 Å². The quantitative estimate of drug-likeness (QED) is 0.369. The number of benzene rings is 2. The molecule has 4 nitrogen and oxygen atoms in total. The van der Waals surface area contributed by atoms with Crippen molar-refractivity contribution < 1.29 is 0 Å². The standard InChI is InChI=1S/C28H29N3O.C2H6/c1-3-31-19-23(14-13-20-9-5-4-6-10-20)27(32)26-17-25(18-29-28(26)31)30(2)24-15-21-11-7-8-12-22(21)16-24;1-2/h4-12,17-19,24H,3,13-16H2,1-2H3;1-2H3. The molecule has 2 aromatic heterocycles. The first-order valence-electron chi connectivity index (χ1n) is 12.5. The lowest BCUT2D eigenvalue weighted by Gasteiger charge is -2.26. The number of hydrogen-bond donors (Lipinski definition) is 0. The second kappa shape index (κ2) is 10.7. The summed E-state index contributed by atoms with van der Waals surface area (Å²) in [6.45, 7) is 6.89. The molecule has 0 fully saturated rings. The summed E-state index contributed by atoms with van der Waals surface area (Å²) < 4.78 is 2.10. The SMILES string of the molecule is CC.CCn1cc(CCc2ccccc2)c(=O)c2cc(N(C)C3Cc4ccccc4C3)cnc21. The van der Waals surface area contributed by atoms with Gasteiger partial charge in [-0.25, -0.2) is 4.98 Å². The summed E-state index contributed by atoms with van der Waals surface area (Å²) in [5, 5.41) is 0.720. The lowest BCUT2D eigenvalue weighted by atomic mass is 10.0. The molecule has 34 heavy (non-hydrogen) atoms. The molecule has 1 aliphatic carbocycles. The lowest BCUT2D eigenvalue weighted by molar-refractivity contribution is 0.666. The monoisotopic (exact) mass is 453 g/mol. The minimum absolute atomic E-state index is 0.109. The smallest absolute Gasteiger partial charge is 0.194 e. The summed E-state index contributed by atoms with van der Waals surface area (Å²) in [5.74, 6) is 0. The number of rotatable bonds is 6. The van der Waals surface area contributed by atoms with Crippen molar-refractivity contribution in [2.24, 2.45) is 0 Å². The first kappa shape index (κ1) is 23.7. The van der Waals surface area contributed by atoms with Gasteiger partial charge in [0.1, 0.15) is 5.65 Å². The summed E-state index contributed by atoms with van der Waals surface area (Å²) in [6.07, 6.45) is 7.57. The third-order valence-corrected chi connectivity index (χ3v) is 6.82. The molecule has 176 valence electrons. The van der Waals surface area contributed by atoms with Gasteiger partial charge in [0.05, 0.1) is 17.3 Å². The molecule has 4 heteroatoms. The number of fused-ring (bicyclic) bond motifs is 2. The number of nitrogens with zero attached hydrogens (tertiary/aromatic N) is 3. The molecule has 0 saturated heterocycles. The van der Waals surface area contributed by atoms with Crippen molar-refractivity contribution in [1.29, 1.82) is 0 Å². The number of pyridine rings is 2. The molecule has 0 bridgehead atoms. The van der Waals surface area contributed by atoms with E-state index < -0.39 is 0 Å². The van der Waals surface area contributed by atoms with Crippen LogP contribution >= 0.6 is 0 Å². The number of anilines is 1. The van der Waals surface area contributed by atoms with Crippen LogP contribution in [0.4, 0.5) is 5.69 Å². The first-order valence-corrected chi connectivity index (χ1v) is 12.5. The zero-order valence-electron chi connectivity index (χ0n) is 20.8. The van der Waals surface area contributed by atoms with Crippen molar-refractivity contribution >= 4 is 16.7 Å². The normalized spacial score (nSPS) is 12.8. The van der Waals surface area contributed by atoms with E-state index in [4.69, 9.17) is 4.98 Å². The average Bonchev–Trinajstić information content (AvgIpc) is 3.34. The maximum atomic E-state index is 13.4. The maximum absolute atomic E-state index is 13.4. The molecule has 0 atom stereocenters. The Bertz CT molecular complexity index is 1280. The molecule has 0 saturated carbocycles. The fourth-order valence-electron chi connectivity index (χ4n) is 4.88. The van der Waals surface area contributed by atoms with Crippen molar-refractivity contribution in [3.05, 3.63) is 106 Å². The topological polar surface area (TPSA) is 38.1 Å². The Hall–Kier alpha value is -3.40. The van der Waals surface area contributed by atoms with Crippen LogP contribution in [0.3, 0.4) is 0 Å². The Labute approximate surface area is 202 Å². The predicted molar refractivity (Wildman–Crippen MR) is 143 cm³/mol. The van der Waals surface area contributed by atoms with E-state index in [1.54, 1.807) is 0 Å². The van der Waals surface area contributed by atoms with Gasteiger partial charge in [0.15, 0.2) is 5.43 Å². The lowest BCUT2D eigenvalue weighted by Crippen LogP contribution is -2.32. The number of likely N-dealkylation sites (N-methyl/N-ethyl adjacent to an activating group) is 1. The number of aromatic nitrogens is 2. The molecule has 0 aliphatic heterocycles. The van der Waals surface area contributed by atoms with Gasteiger partial charge in [-0.1, -0.05) is 68.4 Å². The van der Waals surface area contributed by atoms with E-state index in [0.717, 1.165) is 54.5 Å². The van der Waals surface area contributed by atoms with Gasteiger partial charge in [0, 0.05) is 31.4 Å². The van der Waals surface area contributed by atoms with Crippen LogP contribution < -0.4 is 10.3 Å². The highest BCUT2D eigenvalue weighted by atomic mass is 16.1. The van der Waals surface area contributed by atoms with Crippen molar-refractivity contribution in [2.45, 2.75) is 59.0 Å². The predicted octanol–water partition coefficient (Wildman–Crippen LogP) is 5.83. The Morgan fingerprint density at radius 3 is 2.26 bits per heavy atom. The van der Waals surface area contributed by atoms with Gasteiger partial charge in [0.2, 0.25) is 0 Å². The van der Waals surface area contributed by atoms with E-state index in [-0.39, 0.29) is 5.43 Å². The highest BCUT2D eigenvalue weighted by Crippen LogP contribution is 2.28. The van der Waals surface area contributed by atoms with Crippen LogP contribution in [0, 0.1) is 0 Å². The summed E-state index contributed by atoms with van der Waals surface area (Å²) in [5.41, 5.74) is 6.85. The van der Waals surface area contributed by atoms with Crippen molar-refractivity contribution in [3.63, 3.8) is 0 Å². The molecule has 1 aliphatic rings. The Kier molecular flexibility index (Phi) is 7.46. The minimum Gasteiger partial charge on any atom is -0.370 e. The second-order valence-corrected chi connectivity index (χ2v) is 8.76. The molecule has 4 aromatic rings. The van der Waals surface area contributed by atoms with Crippen molar-refractivity contribution in [3.8, 4) is 0 Å². The molecular weight excluding hydrogens is 418 g/mol. The summed E-state index contributed by atoms with van der Waals surface area (Å²) >= 11 is 0. The highest BCUT2D eigenvalue weighted by Gasteiger charge is 2.25. The summed E-state index contributed by atoms with van der Waals surface area (Å²) in [7, 11) is 2.12. The van der Waals surface area contributed by atoms with Crippen LogP contribution in [-0.4, -0.2) is 22.6 Å². The average molecular weight is 454 g/mol. The van der Waals surface area contributed by atoms with Gasteiger partial charge < -0.3 is 9.47 Å². The molecule has 0 unspecified atom stereocenters. The zero-order chi connectivity index (χ0) is 24.1. The largest absolute Gasteiger partial charge is 0.370 e. The molecule has 2 aromatic carbocycles. The first-order chi connectivity index (χ1) is 16.6. The van der Waals surface area contributed by atoms with Gasteiger partial charge in [-0.15, -0.1) is 0 Å². The molecule has 2 heterocycles. The second-order valence-electron chi connectivity index (χ2n) is 8.76. The molecule has 0 amide bonds. The van der Waals surface area contributed by atoms with E-state index in [1.165, 1.54) is 16.7 Å². The third kappa shape index (κ3) is 4.77. The fraction of sp³-hybridized carbons (Fsp3) is 0.333. The summed E-state index contributed by atoms with van der Waals surface area (Å²) in [4.78, 5) is 20.4. The van der Waals surface area contributed by atoms with Gasteiger partial charge in [-0.3, -0.25) is 4.79 Å². The number of hydrogen-bond acceptors (Lipinski definition) is 3. The molecule has 5 rings (SSSR count). The highest BCUT2D eigenvalue weighted by molar-refractivity contribution is 5.79. The van der Waals surface area contributed by atoms with Gasteiger partial charge in [0.25, 0.3) is 0 Å². The van der Waals surface area contributed by atoms with Crippen LogP contribution in [0.15, 0.2) is 77.9 Å². The van der Waals surface area contributed by atoms with E-state index in [1.807, 2.05) is 50.5 Å². The van der Waals surface area contributed by atoms with Crippen LogP contribution in [0.1, 0.15) is 43.0 Å². The van der Waals surface area contributed by atoms with Crippen LogP contribution in [0.5, 0.6) is 0 Å². The van der Waals surface area contributed by atoms with Gasteiger partial charge in [-0.05, 0) is 55.4 Å². The van der Waals surface area contributed by atoms with Crippen LogP contribution in [0.25, 0.3) is 11.0 Å². The third-order valence-electron chi connectivity index (χ3n) is 6.82. The van der Waals surface area contributed by atoms with Crippen molar-refractivity contribution in [2.75, 3.05) is 11.9 Å². The van der Waals surface area contributed by atoms with Crippen LogP contribution in [0.2, 0.25) is 0 Å². The van der Waals surface area contributed by atoms with Gasteiger partial charge >= 0.3 is 0 Å². The van der Waals surface area contributed by atoms with E-state index in [0.29, 0.717) is 6.04 Å². The van der Waals surface area contributed by atoms with E-state index in [9.17, 15) is 4.79 Å². The summed E-state index contributed by atoms with van der Waals surface area (Å²) in [6, 6.07) is 21.5. The minimum atomic E-state index is 0.109. The Morgan fingerprint density at radius 1 is 0.971 bits per heavy atom. The fourth-order valence-corrected chi connectivity index (χ4v) is 4.88. The van der Waals surface area contributed by atoms with E-state index in [2.05, 4.69) is 59.8 Å². The van der Waals surface area contributed by atoms with E-state index >= 15 is 0 Å². The molecular formula is C30H35N3O. The molecule has 0 radical (unpaired) electrons. The zero-order valence-corrected chi connectivity index (χ0v) is 20.8.